The van der Waals surface area contributed by atoms with Crippen LogP contribution in [0, 0.1) is 0 Å². The Morgan fingerprint density at radius 2 is 1.73 bits per heavy atom. The van der Waals surface area contributed by atoms with Crippen LogP contribution in [-0.4, -0.2) is 57.1 Å². The minimum atomic E-state index is -4.21. The van der Waals surface area contributed by atoms with Crippen LogP contribution in [0.15, 0.2) is 82.6 Å². The standard InChI is InChI=1S/C29H34ClN3O5S2/c1-5-31-29(35)21(3)32(19-22-10-9-11-23(30)18-22)28(34)20-33(26-12-7-8-13-27(26)38-6-2)40(36,37)25-16-14-24(39-4)15-17-25/h7-18,21H,5-6,19-20H2,1-4H3,(H,31,35)/t21-/m1/s1. The van der Waals surface area contributed by atoms with Crippen molar-refractivity contribution in [2.45, 2.75) is 43.1 Å². The third-order valence-corrected chi connectivity index (χ3v) is 8.87. The molecule has 8 nitrogen and oxygen atoms in total. The maximum atomic E-state index is 14.1. The molecule has 0 saturated carbocycles. The fourth-order valence-corrected chi connectivity index (χ4v) is 6.11. The number of sulfonamides is 1. The largest absolute Gasteiger partial charge is 0.492 e. The van der Waals surface area contributed by atoms with Crippen molar-refractivity contribution < 1.29 is 22.7 Å². The maximum absolute atomic E-state index is 14.1. The number of para-hydroxylation sites is 2. The molecule has 0 fully saturated rings. The summed E-state index contributed by atoms with van der Waals surface area (Å²) in [5.41, 5.74) is 0.925. The van der Waals surface area contributed by atoms with E-state index in [2.05, 4.69) is 5.32 Å². The first-order chi connectivity index (χ1) is 19.1. The first kappa shape index (κ1) is 31.3. The predicted octanol–water partition coefficient (Wildman–Crippen LogP) is 5.21. The minimum Gasteiger partial charge on any atom is -0.492 e. The zero-order valence-electron chi connectivity index (χ0n) is 23.0. The van der Waals surface area contributed by atoms with Gasteiger partial charge in [-0.1, -0.05) is 35.9 Å². The fourth-order valence-electron chi connectivity index (χ4n) is 4.07. The summed E-state index contributed by atoms with van der Waals surface area (Å²) in [6.07, 6.45) is 1.90. The SMILES string of the molecule is CCNC(=O)[C@@H](C)N(Cc1cccc(Cl)c1)C(=O)CN(c1ccccc1OCC)S(=O)(=O)c1ccc(SC)cc1. The molecule has 3 aromatic carbocycles. The summed E-state index contributed by atoms with van der Waals surface area (Å²) in [6.45, 7) is 5.38. The summed E-state index contributed by atoms with van der Waals surface area (Å²) in [7, 11) is -4.21. The average molecular weight is 604 g/mol. The van der Waals surface area contributed by atoms with Crippen molar-refractivity contribution in [3.05, 3.63) is 83.4 Å². The van der Waals surface area contributed by atoms with Gasteiger partial charge in [0.05, 0.1) is 17.2 Å². The highest BCUT2D eigenvalue weighted by Crippen LogP contribution is 2.33. The number of thioether (sulfide) groups is 1. The van der Waals surface area contributed by atoms with E-state index in [-0.39, 0.29) is 23.0 Å². The number of likely N-dealkylation sites (N-methyl/N-ethyl adjacent to an activating group) is 1. The second kappa shape index (κ2) is 14.4. The van der Waals surface area contributed by atoms with Crippen LogP contribution in [0.5, 0.6) is 5.75 Å². The smallest absolute Gasteiger partial charge is 0.264 e. The van der Waals surface area contributed by atoms with Gasteiger partial charge in [0.15, 0.2) is 0 Å². The Labute approximate surface area is 245 Å². The monoisotopic (exact) mass is 603 g/mol. The van der Waals surface area contributed by atoms with Gasteiger partial charge < -0.3 is 15.0 Å². The Hall–Kier alpha value is -3.21. The number of anilines is 1. The molecule has 0 unspecified atom stereocenters. The molecular weight excluding hydrogens is 570 g/mol. The number of amides is 2. The summed E-state index contributed by atoms with van der Waals surface area (Å²) in [4.78, 5) is 29.1. The van der Waals surface area contributed by atoms with E-state index >= 15 is 0 Å². The van der Waals surface area contributed by atoms with E-state index in [1.807, 2.05) is 6.26 Å². The summed E-state index contributed by atoms with van der Waals surface area (Å²) in [5.74, 6) is -0.593. The van der Waals surface area contributed by atoms with Crippen LogP contribution < -0.4 is 14.4 Å². The van der Waals surface area contributed by atoms with Crippen molar-refractivity contribution in [2.24, 2.45) is 0 Å². The number of hydrogen-bond acceptors (Lipinski definition) is 6. The van der Waals surface area contributed by atoms with Crippen LogP contribution in [-0.2, 0) is 26.2 Å². The molecule has 0 saturated heterocycles. The number of ether oxygens (including phenoxy) is 1. The highest BCUT2D eigenvalue weighted by Gasteiger charge is 2.33. The number of halogens is 1. The first-order valence-corrected chi connectivity index (χ1v) is 15.9. The maximum Gasteiger partial charge on any atom is 0.264 e. The zero-order valence-corrected chi connectivity index (χ0v) is 25.4. The second-order valence-corrected chi connectivity index (χ2v) is 12.0. The van der Waals surface area contributed by atoms with E-state index in [1.54, 1.807) is 81.4 Å². The molecule has 2 amide bonds. The Morgan fingerprint density at radius 1 is 1.02 bits per heavy atom. The topological polar surface area (TPSA) is 96.0 Å². The zero-order chi connectivity index (χ0) is 29.3. The lowest BCUT2D eigenvalue weighted by Gasteiger charge is -2.32. The van der Waals surface area contributed by atoms with Crippen LogP contribution in [0.25, 0.3) is 0 Å². The molecule has 0 aliphatic carbocycles. The lowest BCUT2D eigenvalue weighted by atomic mass is 10.1. The van der Waals surface area contributed by atoms with Crippen molar-refractivity contribution in [1.29, 1.82) is 0 Å². The number of rotatable bonds is 13. The number of carbonyl (C=O) groups excluding carboxylic acids is 2. The Balaban J connectivity index is 2.09. The molecule has 1 N–H and O–H groups in total. The Morgan fingerprint density at radius 3 is 2.35 bits per heavy atom. The summed E-state index contributed by atoms with van der Waals surface area (Å²) >= 11 is 7.67. The Kier molecular flexibility index (Phi) is 11.3. The summed E-state index contributed by atoms with van der Waals surface area (Å²) < 4.78 is 34.9. The van der Waals surface area contributed by atoms with Gasteiger partial charge in [-0.3, -0.25) is 13.9 Å². The molecular formula is C29H34ClN3O5S2. The molecule has 11 heteroatoms. The Bertz CT molecular complexity index is 1420. The van der Waals surface area contributed by atoms with E-state index in [4.69, 9.17) is 16.3 Å². The predicted molar refractivity (Wildman–Crippen MR) is 161 cm³/mol. The van der Waals surface area contributed by atoms with Crippen molar-refractivity contribution >= 4 is 50.9 Å². The van der Waals surface area contributed by atoms with Gasteiger partial charge in [-0.05, 0) is 81.1 Å². The molecule has 1 atom stereocenters. The summed E-state index contributed by atoms with van der Waals surface area (Å²) in [6, 6.07) is 19.2. The molecule has 0 heterocycles. The van der Waals surface area contributed by atoms with Gasteiger partial charge >= 0.3 is 0 Å². The van der Waals surface area contributed by atoms with E-state index < -0.39 is 28.5 Å². The molecule has 0 aliphatic heterocycles. The van der Waals surface area contributed by atoms with Gasteiger partial charge in [0.2, 0.25) is 11.8 Å². The van der Waals surface area contributed by atoms with Crippen molar-refractivity contribution in [2.75, 3.05) is 30.3 Å². The quantitative estimate of drug-likeness (QED) is 0.270. The van der Waals surface area contributed by atoms with Gasteiger partial charge in [0.1, 0.15) is 18.3 Å². The average Bonchev–Trinajstić information content (AvgIpc) is 2.95. The van der Waals surface area contributed by atoms with Crippen LogP contribution in [0.2, 0.25) is 5.02 Å². The van der Waals surface area contributed by atoms with E-state index in [1.165, 1.54) is 28.8 Å². The number of nitrogens with zero attached hydrogens (tertiary/aromatic N) is 2. The molecule has 3 rings (SSSR count). The lowest BCUT2D eigenvalue weighted by molar-refractivity contribution is -0.139. The van der Waals surface area contributed by atoms with Crippen LogP contribution in [0.1, 0.15) is 26.3 Å². The third-order valence-electron chi connectivity index (χ3n) is 6.12. The molecule has 214 valence electrons. The van der Waals surface area contributed by atoms with Crippen LogP contribution in [0.3, 0.4) is 0 Å². The second-order valence-electron chi connectivity index (χ2n) is 8.81. The summed E-state index contributed by atoms with van der Waals surface area (Å²) in [5, 5.41) is 3.23. The van der Waals surface area contributed by atoms with Gasteiger partial charge in [-0.15, -0.1) is 11.8 Å². The van der Waals surface area contributed by atoms with Gasteiger partial charge in [-0.25, -0.2) is 8.42 Å². The van der Waals surface area contributed by atoms with E-state index in [0.717, 1.165) is 9.20 Å². The fraction of sp³-hybridized carbons (Fsp3) is 0.310. The highest BCUT2D eigenvalue weighted by molar-refractivity contribution is 7.98. The number of hydrogen-bond donors (Lipinski definition) is 1. The normalized spacial score (nSPS) is 11.9. The number of carbonyl (C=O) groups is 2. The number of nitrogens with one attached hydrogen (secondary N) is 1. The number of benzene rings is 3. The minimum absolute atomic E-state index is 0.0302. The molecule has 0 aliphatic rings. The van der Waals surface area contributed by atoms with Gasteiger partial charge in [-0.2, -0.15) is 0 Å². The van der Waals surface area contributed by atoms with Crippen LogP contribution in [0.4, 0.5) is 5.69 Å². The van der Waals surface area contributed by atoms with Crippen molar-refractivity contribution in [1.82, 2.24) is 10.2 Å². The van der Waals surface area contributed by atoms with Gasteiger partial charge in [0.25, 0.3) is 10.0 Å². The molecule has 40 heavy (non-hydrogen) atoms. The molecule has 0 aromatic heterocycles. The highest BCUT2D eigenvalue weighted by atomic mass is 35.5. The van der Waals surface area contributed by atoms with Crippen LogP contribution >= 0.6 is 23.4 Å². The van der Waals surface area contributed by atoms with Crippen molar-refractivity contribution in [3.8, 4) is 5.75 Å². The molecule has 0 spiro atoms. The third kappa shape index (κ3) is 7.71. The molecule has 0 radical (unpaired) electrons. The first-order valence-electron chi connectivity index (χ1n) is 12.8. The van der Waals surface area contributed by atoms with E-state index in [9.17, 15) is 18.0 Å². The lowest BCUT2D eigenvalue weighted by Crippen LogP contribution is -2.51. The van der Waals surface area contributed by atoms with E-state index in [0.29, 0.717) is 29.5 Å². The molecule has 3 aromatic rings. The van der Waals surface area contributed by atoms with Crippen molar-refractivity contribution in [3.63, 3.8) is 0 Å². The van der Waals surface area contributed by atoms with Gasteiger partial charge in [0, 0.05) is 23.0 Å². The molecule has 0 bridgehead atoms.